The average molecular weight is 206 g/mol. The van der Waals surface area contributed by atoms with Gasteiger partial charge in [0, 0.05) is 11.8 Å². The fraction of sp³-hybridized carbons (Fsp3) is 0. The lowest BCUT2D eigenvalue weighted by molar-refractivity contribution is 0.589. The van der Waals surface area contributed by atoms with Gasteiger partial charge in [-0.3, -0.25) is 0 Å². The summed E-state index contributed by atoms with van der Waals surface area (Å²) in [6, 6.07) is 6.76. The van der Waals surface area contributed by atoms with Crippen LogP contribution in [0.4, 0.5) is 14.6 Å². The molecule has 0 bridgehead atoms. The van der Waals surface area contributed by atoms with Crippen molar-refractivity contribution < 1.29 is 8.78 Å². The van der Waals surface area contributed by atoms with Gasteiger partial charge in [-0.25, -0.2) is 13.8 Å². The predicted octanol–water partition coefficient (Wildman–Crippen LogP) is 2.61. The lowest BCUT2D eigenvalue weighted by atomic mass is 10.1. The summed E-state index contributed by atoms with van der Waals surface area (Å²) < 4.78 is 26.7. The fourth-order valence-electron chi connectivity index (χ4n) is 1.33. The Kier molecular flexibility index (Phi) is 2.33. The summed E-state index contributed by atoms with van der Waals surface area (Å²) in [5, 5.41) is 0. The van der Waals surface area contributed by atoms with Crippen molar-refractivity contribution >= 4 is 5.82 Å². The SMILES string of the molecule is Nc1ccc(-c2c(F)cccc2F)cn1. The summed E-state index contributed by atoms with van der Waals surface area (Å²) in [6.45, 7) is 0. The predicted molar refractivity (Wildman–Crippen MR) is 54.0 cm³/mol. The normalized spacial score (nSPS) is 10.3. The Hall–Kier alpha value is -1.97. The quantitative estimate of drug-likeness (QED) is 0.778. The second-order valence-corrected chi connectivity index (χ2v) is 3.07. The van der Waals surface area contributed by atoms with Crippen LogP contribution in [-0.4, -0.2) is 4.98 Å². The van der Waals surface area contributed by atoms with Crippen LogP contribution in [0.1, 0.15) is 0 Å². The van der Waals surface area contributed by atoms with E-state index in [4.69, 9.17) is 5.73 Å². The summed E-state index contributed by atoms with van der Waals surface area (Å²) in [7, 11) is 0. The maximum atomic E-state index is 13.3. The minimum absolute atomic E-state index is 0.0787. The maximum absolute atomic E-state index is 13.3. The van der Waals surface area contributed by atoms with E-state index in [1.165, 1.54) is 36.5 Å². The zero-order valence-corrected chi connectivity index (χ0v) is 7.74. The molecule has 1 aromatic carbocycles. The molecular weight excluding hydrogens is 198 g/mol. The number of nitrogens with two attached hydrogens (primary N) is 1. The lowest BCUT2D eigenvalue weighted by Gasteiger charge is -2.04. The largest absolute Gasteiger partial charge is 0.384 e. The van der Waals surface area contributed by atoms with E-state index >= 15 is 0 Å². The van der Waals surface area contributed by atoms with E-state index in [0.29, 0.717) is 11.4 Å². The Morgan fingerprint density at radius 3 is 2.20 bits per heavy atom. The van der Waals surface area contributed by atoms with Gasteiger partial charge in [0.1, 0.15) is 17.5 Å². The molecule has 2 rings (SSSR count). The number of pyridine rings is 1. The van der Waals surface area contributed by atoms with Gasteiger partial charge in [-0.2, -0.15) is 0 Å². The van der Waals surface area contributed by atoms with Crippen molar-refractivity contribution in [1.82, 2.24) is 4.98 Å². The summed E-state index contributed by atoms with van der Waals surface area (Å²) in [5.41, 5.74) is 5.68. The smallest absolute Gasteiger partial charge is 0.134 e. The van der Waals surface area contributed by atoms with Crippen LogP contribution in [-0.2, 0) is 0 Å². The molecule has 1 aromatic heterocycles. The molecule has 0 aliphatic carbocycles. The molecular formula is C11H8F2N2. The van der Waals surface area contributed by atoms with E-state index in [9.17, 15) is 8.78 Å². The number of halogens is 2. The first kappa shape index (κ1) is 9.58. The highest BCUT2D eigenvalue weighted by molar-refractivity contribution is 5.64. The summed E-state index contributed by atoms with van der Waals surface area (Å²) >= 11 is 0. The number of rotatable bonds is 1. The van der Waals surface area contributed by atoms with Gasteiger partial charge in [0.05, 0.1) is 5.56 Å². The Balaban J connectivity index is 2.58. The number of benzene rings is 1. The molecule has 0 radical (unpaired) electrons. The van der Waals surface area contributed by atoms with Gasteiger partial charge in [0.25, 0.3) is 0 Å². The number of nitrogen functional groups attached to an aromatic ring is 1. The third-order valence-corrected chi connectivity index (χ3v) is 2.04. The zero-order chi connectivity index (χ0) is 10.8. The van der Waals surface area contributed by atoms with Crippen LogP contribution in [0.3, 0.4) is 0 Å². The van der Waals surface area contributed by atoms with E-state index < -0.39 is 11.6 Å². The highest BCUT2D eigenvalue weighted by atomic mass is 19.1. The molecule has 1 heterocycles. The number of aromatic nitrogens is 1. The molecule has 0 aliphatic rings. The first-order chi connectivity index (χ1) is 7.18. The van der Waals surface area contributed by atoms with E-state index in [2.05, 4.69) is 4.98 Å². The maximum Gasteiger partial charge on any atom is 0.134 e. The topological polar surface area (TPSA) is 38.9 Å². The molecule has 0 atom stereocenters. The van der Waals surface area contributed by atoms with Gasteiger partial charge in [-0.15, -0.1) is 0 Å². The summed E-state index contributed by atoms with van der Waals surface area (Å²) in [5.74, 6) is -0.904. The second kappa shape index (κ2) is 3.65. The standard InChI is InChI=1S/C11H8F2N2/c12-8-2-1-3-9(13)11(8)7-4-5-10(14)15-6-7/h1-6H,(H2,14,15). The van der Waals surface area contributed by atoms with Crippen molar-refractivity contribution in [2.75, 3.05) is 5.73 Å². The molecule has 2 nitrogen and oxygen atoms in total. The molecule has 0 unspecified atom stereocenters. The minimum atomic E-state index is -0.610. The first-order valence-electron chi connectivity index (χ1n) is 4.34. The van der Waals surface area contributed by atoms with Gasteiger partial charge in [-0.05, 0) is 24.3 Å². The van der Waals surface area contributed by atoms with Crippen LogP contribution in [0.5, 0.6) is 0 Å². The molecule has 0 amide bonds. The molecule has 0 saturated carbocycles. The third kappa shape index (κ3) is 1.79. The molecule has 2 N–H and O–H groups in total. The Morgan fingerprint density at radius 2 is 1.67 bits per heavy atom. The molecule has 0 saturated heterocycles. The highest BCUT2D eigenvalue weighted by Gasteiger charge is 2.10. The van der Waals surface area contributed by atoms with Crippen molar-refractivity contribution in [3.63, 3.8) is 0 Å². The zero-order valence-electron chi connectivity index (χ0n) is 7.74. The monoisotopic (exact) mass is 206 g/mol. The van der Waals surface area contributed by atoms with E-state index in [0.717, 1.165) is 0 Å². The van der Waals surface area contributed by atoms with Crippen molar-refractivity contribution in [3.05, 3.63) is 48.2 Å². The average Bonchev–Trinajstić information content (AvgIpc) is 2.20. The summed E-state index contributed by atoms with van der Waals surface area (Å²) in [6.07, 6.45) is 1.34. The van der Waals surface area contributed by atoms with Crippen LogP contribution in [0.25, 0.3) is 11.1 Å². The van der Waals surface area contributed by atoms with Gasteiger partial charge in [0.2, 0.25) is 0 Å². The van der Waals surface area contributed by atoms with Crippen molar-refractivity contribution in [2.24, 2.45) is 0 Å². The van der Waals surface area contributed by atoms with Crippen LogP contribution in [0.15, 0.2) is 36.5 Å². The van der Waals surface area contributed by atoms with E-state index in [1.807, 2.05) is 0 Å². The first-order valence-corrected chi connectivity index (χ1v) is 4.34. The van der Waals surface area contributed by atoms with Crippen LogP contribution >= 0.6 is 0 Å². The Bertz CT molecular complexity index is 460. The highest BCUT2D eigenvalue weighted by Crippen LogP contribution is 2.25. The molecule has 0 aliphatic heterocycles. The number of hydrogen-bond donors (Lipinski definition) is 1. The number of nitrogens with zero attached hydrogens (tertiary/aromatic N) is 1. The fourth-order valence-corrected chi connectivity index (χ4v) is 1.33. The lowest BCUT2D eigenvalue weighted by Crippen LogP contribution is -1.93. The number of hydrogen-bond acceptors (Lipinski definition) is 2. The molecule has 0 fully saturated rings. The van der Waals surface area contributed by atoms with Gasteiger partial charge < -0.3 is 5.73 Å². The second-order valence-electron chi connectivity index (χ2n) is 3.07. The molecule has 2 aromatic rings. The minimum Gasteiger partial charge on any atom is -0.384 e. The third-order valence-electron chi connectivity index (χ3n) is 2.04. The van der Waals surface area contributed by atoms with E-state index in [1.54, 1.807) is 0 Å². The van der Waals surface area contributed by atoms with Crippen molar-refractivity contribution in [3.8, 4) is 11.1 Å². The molecule has 0 spiro atoms. The molecule has 4 heteroatoms. The van der Waals surface area contributed by atoms with Crippen molar-refractivity contribution in [1.29, 1.82) is 0 Å². The molecule has 15 heavy (non-hydrogen) atoms. The summed E-state index contributed by atoms with van der Waals surface area (Å²) in [4.78, 5) is 3.78. The van der Waals surface area contributed by atoms with Crippen LogP contribution in [0, 0.1) is 11.6 Å². The van der Waals surface area contributed by atoms with Gasteiger partial charge >= 0.3 is 0 Å². The number of anilines is 1. The Labute approximate surface area is 85.4 Å². The van der Waals surface area contributed by atoms with Crippen LogP contribution < -0.4 is 5.73 Å². The van der Waals surface area contributed by atoms with Crippen LogP contribution in [0.2, 0.25) is 0 Å². The Morgan fingerprint density at radius 1 is 1.00 bits per heavy atom. The van der Waals surface area contributed by atoms with E-state index in [-0.39, 0.29) is 5.56 Å². The van der Waals surface area contributed by atoms with Crippen molar-refractivity contribution in [2.45, 2.75) is 0 Å². The van der Waals surface area contributed by atoms with Gasteiger partial charge in [0.15, 0.2) is 0 Å². The molecule has 76 valence electrons. The van der Waals surface area contributed by atoms with Gasteiger partial charge in [-0.1, -0.05) is 6.07 Å².